The molecule has 0 aliphatic rings. The first-order chi connectivity index (χ1) is 9.10. The monoisotopic (exact) mass is 357 g/mol. The van der Waals surface area contributed by atoms with E-state index in [0.29, 0.717) is 12.1 Å². The Morgan fingerprint density at radius 3 is 2.68 bits per heavy atom. The average molecular weight is 359 g/mol. The second-order valence-electron chi connectivity index (χ2n) is 4.55. The summed E-state index contributed by atoms with van der Waals surface area (Å²) in [6, 6.07) is 13.0. The van der Waals surface area contributed by atoms with Crippen LogP contribution in [-0.4, -0.2) is 0 Å². The van der Waals surface area contributed by atoms with Crippen molar-refractivity contribution in [2.24, 2.45) is 0 Å². The Morgan fingerprint density at radius 1 is 1.32 bits per heavy atom. The molecular weight excluding hydrogens is 342 g/mol. The molecular formula is C15H17BrClNS. The molecule has 0 radical (unpaired) electrons. The van der Waals surface area contributed by atoms with Gasteiger partial charge in [-0.2, -0.15) is 0 Å². The molecule has 0 aliphatic heterocycles. The van der Waals surface area contributed by atoms with Crippen LogP contribution in [0.25, 0.3) is 0 Å². The van der Waals surface area contributed by atoms with Gasteiger partial charge in [-0.25, -0.2) is 0 Å². The van der Waals surface area contributed by atoms with Gasteiger partial charge in [0.2, 0.25) is 0 Å². The maximum Gasteiger partial charge on any atom is 0.0701 e. The van der Waals surface area contributed by atoms with E-state index in [0.717, 1.165) is 11.4 Å². The van der Waals surface area contributed by atoms with E-state index in [9.17, 15) is 0 Å². The maximum absolute atomic E-state index is 6.07. The first-order valence-electron chi connectivity index (χ1n) is 6.37. The maximum atomic E-state index is 6.07. The number of halogens is 2. The van der Waals surface area contributed by atoms with Crippen molar-refractivity contribution in [3.63, 3.8) is 0 Å². The van der Waals surface area contributed by atoms with Crippen LogP contribution < -0.4 is 5.32 Å². The summed E-state index contributed by atoms with van der Waals surface area (Å²) in [5.74, 6) is 0. The van der Waals surface area contributed by atoms with E-state index in [4.69, 9.17) is 11.6 Å². The molecule has 0 fully saturated rings. The number of benzene rings is 1. The van der Waals surface area contributed by atoms with Gasteiger partial charge in [-0.3, -0.25) is 0 Å². The number of hydrogen-bond acceptors (Lipinski definition) is 2. The SMILES string of the molecule is CCC(NC(C)c1ccc(Br)s1)c1cccc(Cl)c1. The first kappa shape index (κ1) is 15.0. The molecule has 1 aromatic carbocycles. The normalized spacial score (nSPS) is 14.3. The van der Waals surface area contributed by atoms with Gasteiger partial charge in [0, 0.05) is 22.0 Å². The Balaban J connectivity index is 2.11. The number of nitrogens with one attached hydrogen (secondary N) is 1. The largest absolute Gasteiger partial charge is 0.303 e. The number of rotatable bonds is 5. The zero-order valence-electron chi connectivity index (χ0n) is 11.0. The summed E-state index contributed by atoms with van der Waals surface area (Å²) in [7, 11) is 0. The molecule has 19 heavy (non-hydrogen) atoms. The average Bonchev–Trinajstić information content (AvgIpc) is 2.82. The fourth-order valence-electron chi connectivity index (χ4n) is 2.12. The third-order valence-electron chi connectivity index (χ3n) is 3.13. The molecule has 0 saturated carbocycles. The molecule has 1 aromatic heterocycles. The quantitative estimate of drug-likeness (QED) is 0.694. The molecule has 0 aliphatic carbocycles. The predicted octanol–water partition coefficient (Wildman–Crippen LogP) is 5.97. The van der Waals surface area contributed by atoms with Gasteiger partial charge in [0.1, 0.15) is 0 Å². The highest BCUT2D eigenvalue weighted by Crippen LogP contribution is 2.30. The van der Waals surface area contributed by atoms with E-state index >= 15 is 0 Å². The van der Waals surface area contributed by atoms with Crippen molar-refractivity contribution in [1.29, 1.82) is 0 Å². The summed E-state index contributed by atoms with van der Waals surface area (Å²) in [6.45, 7) is 4.39. The van der Waals surface area contributed by atoms with Gasteiger partial charge in [0.25, 0.3) is 0 Å². The highest BCUT2D eigenvalue weighted by Gasteiger charge is 2.15. The van der Waals surface area contributed by atoms with Crippen molar-refractivity contribution >= 4 is 38.9 Å². The van der Waals surface area contributed by atoms with E-state index < -0.39 is 0 Å². The summed E-state index contributed by atoms with van der Waals surface area (Å²) in [5, 5.41) is 4.47. The standard InChI is InChI=1S/C15H17BrClNS/c1-3-13(11-5-4-6-12(17)9-11)18-10(2)14-7-8-15(16)19-14/h4-10,13,18H,3H2,1-2H3. The summed E-state index contributed by atoms with van der Waals surface area (Å²) in [6.07, 6.45) is 1.04. The second-order valence-corrected chi connectivity index (χ2v) is 7.48. The third kappa shape index (κ3) is 4.06. The van der Waals surface area contributed by atoms with Crippen molar-refractivity contribution in [3.8, 4) is 0 Å². The molecule has 0 spiro atoms. The van der Waals surface area contributed by atoms with Crippen LogP contribution in [0.3, 0.4) is 0 Å². The zero-order valence-corrected chi connectivity index (χ0v) is 14.1. The van der Waals surface area contributed by atoms with E-state index in [1.807, 2.05) is 18.2 Å². The Kier molecular flexibility index (Phi) is 5.46. The summed E-state index contributed by atoms with van der Waals surface area (Å²) < 4.78 is 1.17. The lowest BCUT2D eigenvalue weighted by molar-refractivity contribution is 0.460. The highest BCUT2D eigenvalue weighted by atomic mass is 79.9. The molecule has 2 atom stereocenters. The summed E-state index contributed by atoms with van der Waals surface area (Å²) in [4.78, 5) is 1.34. The molecule has 2 rings (SSSR count). The molecule has 2 aromatic rings. The van der Waals surface area contributed by atoms with Crippen LogP contribution in [0.5, 0.6) is 0 Å². The van der Waals surface area contributed by atoms with Gasteiger partial charge in [-0.05, 0) is 59.1 Å². The lowest BCUT2D eigenvalue weighted by atomic mass is 10.0. The zero-order chi connectivity index (χ0) is 13.8. The van der Waals surface area contributed by atoms with Crippen LogP contribution >= 0.6 is 38.9 Å². The van der Waals surface area contributed by atoms with E-state index in [2.05, 4.69) is 53.3 Å². The van der Waals surface area contributed by atoms with Crippen LogP contribution in [0, 0.1) is 0 Å². The number of thiophene rings is 1. The Morgan fingerprint density at radius 2 is 2.11 bits per heavy atom. The lowest BCUT2D eigenvalue weighted by Gasteiger charge is -2.22. The van der Waals surface area contributed by atoms with E-state index in [1.54, 1.807) is 11.3 Å². The molecule has 102 valence electrons. The topological polar surface area (TPSA) is 12.0 Å². The van der Waals surface area contributed by atoms with Crippen molar-refractivity contribution in [3.05, 3.63) is 55.6 Å². The van der Waals surface area contributed by atoms with Gasteiger partial charge >= 0.3 is 0 Å². The van der Waals surface area contributed by atoms with Gasteiger partial charge in [-0.15, -0.1) is 11.3 Å². The van der Waals surface area contributed by atoms with Gasteiger partial charge in [0.15, 0.2) is 0 Å². The first-order valence-corrected chi connectivity index (χ1v) is 8.35. The fraction of sp³-hybridized carbons (Fsp3) is 0.333. The molecule has 1 N–H and O–H groups in total. The summed E-state index contributed by atoms with van der Waals surface area (Å²) >= 11 is 11.4. The van der Waals surface area contributed by atoms with Gasteiger partial charge in [0.05, 0.1) is 3.79 Å². The fourth-order valence-corrected chi connectivity index (χ4v) is 3.75. The molecule has 0 bridgehead atoms. The van der Waals surface area contributed by atoms with Gasteiger partial charge in [-0.1, -0.05) is 30.7 Å². The summed E-state index contributed by atoms with van der Waals surface area (Å²) in [5.41, 5.74) is 1.25. The number of hydrogen-bond donors (Lipinski definition) is 1. The predicted molar refractivity (Wildman–Crippen MR) is 88.1 cm³/mol. The van der Waals surface area contributed by atoms with Crippen LogP contribution in [0.2, 0.25) is 5.02 Å². The molecule has 2 unspecified atom stereocenters. The Hall–Kier alpha value is -0.350. The molecule has 4 heteroatoms. The minimum Gasteiger partial charge on any atom is -0.303 e. The minimum absolute atomic E-state index is 0.328. The van der Waals surface area contributed by atoms with Crippen molar-refractivity contribution in [1.82, 2.24) is 5.32 Å². The second kappa shape index (κ2) is 6.89. The van der Waals surface area contributed by atoms with Crippen molar-refractivity contribution in [2.45, 2.75) is 32.4 Å². The minimum atomic E-state index is 0.328. The van der Waals surface area contributed by atoms with E-state index in [1.165, 1.54) is 14.2 Å². The Bertz CT molecular complexity index is 540. The van der Waals surface area contributed by atoms with Crippen LogP contribution in [0.15, 0.2) is 40.2 Å². The van der Waals surface area contributed by atoms with Crippen molar-refractivity contribution in [2.75, 3.05) is 0 Å². The Labute approximate surface area is 132 Å². The highest BCUT2D eigenvalue weighted by molar-refractivity contribution is 9.11. The molecule has 1 heterocycles. The molecule has 1 nitrogen and oxygen atoms in total. The van der Waals surface area contributed by atoms with Crippen LogP contribution in [-0.2, 0) is 0 Å². The lowest BCUT2D eigenvalue weighted by Crippen LogP contribution is -2.23. The molecule has 0 amide bonds. The molecule has 0 saturated heterocycles. The van der Waals surface area contributed by atoms with Crippen LogP contribution in [0.1, 0.15) is 42.8 Å². The smallest absolute Gasteiger partial charge is 0.0701 e. The third-order valence-corrected chi connectivity index (χ3v) is 5.17. The van der Waals surface area contributed by atoms with E-state index in [-0.39, 0.29) is 0 Å². The van der Waals surface area contributed by atoms with Crippen LogP contribution in [0.4, 0.5) is 0 Å². The van der Waals surface area contributed by atoms with Gasteiger partial charge < -0.3 is 5.32 Å². The van der Waals surface area contributed by atoms with Crippen molar-refractivity contribution < 1.29 is 0 Å².